The highest BCUT2D eigenvalue weighted by Gasteiger charge is 1.93. The van der Waals surface area contributed by atoms with Gasteiger partial charge in [0.25, 0.3) is 0 Å². The van der Waals surface area contributed by atoms with Crippen molar-refractivity contribution in [2.45, 2.75) is 39.0 Å². The second-order valence-electron chi connectivity index (χ2n) is 3.44. The van der Waals surface area contributed by atoms with Gasteiger partial charge in [0.1, 0.15) is 0 Å². The number of unbranched alkanes of at least 4 members (excludes halogenated alkanes) is 3. The molecule has 0 unspecified atom stereocenters. The van der Waals surface area contributed by atoms with E-state index in [9.17, 15) is 0 Å². The van der Waals surface area contributed by atoms with Crippen LogP contribution < -0.4 is 0 Å². The van der Waals surface area contributed by atoms with Gasteiger partial charge in [-0.2, -0.15) is 0 Å². The van der Waals surface area contributed by atoms with Crippen LogP contribution in [0.25, 0.3) is 0 Å². The van der Waals surface area contributed by atoms with E-state index in [-0.39, 0.29) is 0 Å². The molecule has 0 atom stereocenters. The molecule has 1 aromatic rings. The Kier molecular flexibility index (Phi) is 5.44. The van der Waals surface area contributed by atoms with Crippen molar-refractivity contribution in [2.75, 3.05) is 0 Å². The fourth-order valence-corrected chi connectivity index (χ4v) is 2.06. The van der Waals surface area contributed by atoms with E-state index in [0.717, 1.165) is 0 Å². The van der Waals surface area contributed by atoms with E-state index in [1.807, 2.05) is 0 Å². The van der Waals surface area contributed by atoms with E-state index in [2.05, 4.69) is 53.8 Å². The molecule has 0 aliphatic carbocycles. The first kappa shape index (κ1) is 11.0. The Morgan fingerprint density at radius 3 is 2.69 bits per heavy atom. The number of rotatable bonds is 5. The third kappa shape index (κ3) is 4.65. The van der Waals surface area contributed by atoms with Gasteiger partial charge in [-0.1, -0.05) is 38.3 Å². The maximum Gasteiger partial charge on any atom is 0.0133 e. The van der Waals surface area contributed by atoms with E-state index in [1.54, 1.807) is 0 Å². The van der Waals surface area contributed by atoms with Crippen molar-refractivity contribution in [1.29, 1.82) is 0 Å². The molecular weight excluding hydrogens is 271 g/mol. The smallest absolute Gasteiger partial charge is 0.0133 e. The molecule has 0 amide bonds. The summed E-state index contributed by atoms with van der Waals surface area (Å²) in [6, 6.07) is 8.81. The number of hydrogen-bond acceptors (Lipinski definition) is 0. The van der Waals surface area contributed by atoms with Crippen LogP contribution >= 0.6 is 22.6 Å². The zero-order chi connectivity index (χ0) is 9.52. The van der Waals surface area contributed by atoms with Gasteiger partial charge >= 0.3 is 0 Å². The Labute approximate surface area is 94.9 Å². The normalized spacial score (nSPS) is 10.3. The van der Waals surface area contributed by atoms with Crippen molar-refractivity contribution < 1.29 is 0 Å². The lowest BCUT2D eigenvalue weighted by molar-refractivity contribution is 0.667. The van der Waals surface area contributed by atoms with E-state index in [4.69, 9.17) is 0 Å². The lowest BCUT2D eigenvalue weighted by Gasteiger charge is -2.01. The lowest BCUT2D eigenvalue weighted by Crippen LogP contribution is -1.86. The molecule has 1 heteroatoms. The summed E-state index contributed by atoms with van der Waals surface area (Å²) in [5.74, 6) is 0. The van der Waals surface area contributed by atoms with Gasteiger partial charge in [-0.15, -0.1) is 0 Å². The highest BCUT2D eigenvalue weighted by molar-refractivity contribution is 14.1. The summed E-state index contributed by atoms with van der Waals surface area (Å²) >= 11 is 2.37. The van der Waals surface area contributed by atoms with Crippen molar-refractivity contribution in [1.82, 2.24) is 0 Å². The largest absolute Gasteiger partial charge is 0.0654 e. The lowest BCUT2D eigenvalue weighted by atomic mass is 10.1. The summed E-state index contributed by atoms with van der Waals surface area (Å²) in [6.07, 6.45) is 6.67. The van der Waals surface area contributed by atoms with Crippen LogP contribution in [0.3, 0.4) is 0 Å². The van der Waals surface area contributed by atoms with Gasteiger partial charge in [-0.05, 0) is 53.1 Å². The molecule has 1 rings (SSSR count). The molecule has 0 N–H and O–H groups in total. The summed E-state index contributed by atoms with van der Waals surface area (Å²) in [5, 5.41) is 0. The number of halogens is 1. The SMILES string of the molecule is CCCCCCc1cccc(I)c1. The molecular formula is C12H17I. The molecule has 0 fully saturated rings. The molecule has 0 radical (unpaired) electrons. The molecule has 0 aliphatic heterocycles. The Balaban J connectivity index is 2.28. The van der Waals surface area contributed by atoms with Gasteiger partial charge in [0.15, 0.2) is 0 Å². The molecule has 0 saturated carbocycles. The van der Waals surface area contributed by atoms with Crippen molar-refractivity contribution in [2.24, 2.45) is 0 Å². The predicted molar refractivity (Wildman–Crippen MR) is 67.0 cm³/mol. The highest BCUT2D eigenvalue weighted by Crippen LogP contribution is 2.11. The van der Waals surface area contributed by atoms with Crippen LogP contribution in [0, 0.1) is 3.57 Å². The van der Waals surface area contributed by atoms with Gasteiger partial charge in [0, 0.05) is 3.57 Å². The van der Waals surface area contributed by atoms with Crippen molar-refractivity contribution in [3.63, 3.8) is 0 Å². The number of benzene rings is 1. The maximum atomic E-state index is 2.37. The summed E-state index contributed by atoms with van der Waals surface area (Å²) in [7, 11) is 0. The highest BCUT2D eigenvalue weighted by atomic mass is 127. The molecule has 0 saturated heterocycles. The Morgan fingerprint density at radius 1 is 1.15 bits per heavy atom. The van der Waals surface area contributed by atoms with Gasteiger partial charge in [0.05, 0.1) is 0 Å². The third-order valence-electron chi connectivity index (χ3n) is 2.21. The predicted octanol–water partition coefficient (Wildman–Crippen LogP) is 4.41. The minimum Gasteiger partial charge on any atom is -0.0654 e. The number of hydrogen-bond donors (Lipinski definition) is 0. The van der Waals surface area contributed by atoms with Crippen LogP contribution in [0.4, 0.5) is 0 Å². The first-order valence-electron chi connectivity index (χ1n) is 5.07. The quantitative estimate of drug-likeness (QED) is 0.556. The number of aryl methyl sites for hydroxylation is 1. The molecule has 0 heterocycles. The first-order chi connectivity index (χ1) is 6.33. The maximum absolute atomic E-state index is 2.37. The Morgan fingerprint density at radius 2 is 2.00 bits per heavy atom. The van der Waals surface area contributed by atoms with Gasteiger partial charge in [-0.25, -0.2) is 0 Å². The fraction of sp³-hybridized carbons (Fsp3) is 0.500. The summed E-state index contributed by atoms with van der Waals surface area (Å²) in [5.41, 5.74) is 1.49. The molecule has 13 heavy (non-hydrogen) atoms. The monoisotopic (exact) mass is 288 g/mol. The van der Waals surface area contributed by atoms with Gasteiger partial charge in [0.2, 0.25) is 0 Å². The zero-order valence-corrected chi connectivity index (χ0v) is 10.4. The summed E-state index contributed by atoms with van der Waals surface area (Å²) in [4.78, 5) is 0. The molecule has 0 aliphatic rings. The topological polar surface area (TPSA) is 0 Å². The molecule has 1 aromatic carbocycles. The van der Waals surface area contributed by atoms with E-state index in [1.165, 1.54) is 41.2 Å². The van der Waals surface area contributed by atoms with E-state index in [0.29, 0.717) is 0 Å². The Bertz CT molecular complexity index is 243. The minimum absolute atomic E-state index is 1.25. The summed E-state index contributed by atoms with van der Waals surface area (Å²) in [6.45, 7) is 2.26. The molecule has 72 valence electrons. The van der Waals surface area contributed by atoms with Crippen LogP contribution in [-0.4, -0.2) is 0 Å². The van der Waals surface area contributed by atoms with Gasteiger partial charge < -0.3 is 0 Å². The van der Waals surface area contributed by atoms with Crippen LogP contribution in [0.5, 0.6) is 0 Å². The van der Waals surface area contributed by atoms with Crippen LogP contribution in [0.2, 0.25) is 0 Å². The average Bonchev–Trinajstić information content (AvgIpc) is 2.13. The molecule has 0 spiro atoms. The molecule has 0 nitrogen and oxygen atoms in total. The molecule has 0 aromatic heterocycles. The van der Waals surface area contributed by atoms with Crippen LogP contribution in [0.1, 0.15) is 38.2 Å². The van der Waals surface area contributed by atoms with Crippen molar-refractivity contribution in [3.05, 3.63) is 33.4 Å². The second kappa shape index (κ2) is 6.41. The second-order valence-corrected chi connectivity index (χ2v) is 4.69. The fourth-order valence-electron chi connectivity index (χ4n) is 1.45. The average molecular weight is 288 g/mol. The van der Waals surface area contributed by atoms with Crippen LogP contribution in [0.15, 0.2) is 24.3 Å². The van der Waals surface area contributed by atoms with Gasteiger partial charge in [-0.3, -0.25) is 0 Å². The Hall–Kier alpha value is -0.0500. The van der Waals surface area contributed by atoms with Crippen molar-refractivity contribution in [3.8, 4) is 0 Å². The van der Waals surface area contributed by atoms with E-state index >= 15 is 0 Å². The first-order valence-corrected chi connectivity index (χ1v) is 6.15. The van der Waals surface area contributed by atoms with Crippen LogP contribution in [-0.2, 0) is 6.42 Å². The standard InChI is InChI=1S/C12H17I/c1-2-3-4-5-7-11-8-6-9-12(13)10-11/h6,8-10H,2-5,7H2,1H3. The van der Waals surface area contributed by atoms with Crippen molar-refractivity contribution >= 4 is 22.6 Å². The molecule has 0 bridgehead atoms. The zero-order valence-electron chi connectivity index (χ0n) is 8.22. The summed E-state index contributed by atoms with van der Waals surface area (Å²) < 4.78 is 1.35. The van der Waals surface area contributed by atoms with E-state index < -0.39 is 0 Å². The third-order valence-corrected chi connectivity index (χ3v) is 2.88. The minimum atomic E-state index is 1.25.